The number of halogens is 3. The summed E-state index contributed by atoms with van der Waals surface area (Å²) in [5, 5.41) is 0.591. The molecule has 0 aliphatic carbocycles. The summed E-state index contributed by atoms with van der Waals surface area (Å²) < 4.78 is 12.7. The molecule has 0 aliphatic heterocycles. The number of hydrogen-bond acceptors (Lipinski definition) is 3. The Kier molecular flexibility index (Phi) is 5.32. The first-order chi connectivity index (χ1) is 9.56. The molecule has 0 saturated carbocycles. The Morgan fingerprint density at radius 1 is 1.10 bits per heavy atom. The van der Waals surface area contributed by atoms with Crippen molar-refractivity contribution in [3.63, 3.8) is 0 Å². The van der Waals surface area contributed by atoms with Crippen molar-refractivity contribution in [1.29, 1.82) is 0 Å². The Hall–Kier alpha value is -0.750. The molecule has 0 atom stereocenters. The Balaban J connectivity index is 2.40. The van der Waals surface area contributed by atoms with Crippen LogP contribution in [0.2, 0.25) is 5.02 Å². The largest absolute Gasteiger partial charge is 0.496 e. The van der Waals surface area contributed by atoms with Crippen LogP contribution < -0.4 is 15.2 Å². The zero-order valence-electron chi connectivity index (χ0n) is 10.6. The molecule has 3 nitrogen and oxygen atoms in total. The van der Waals surface area contributed by atoms with Crippen molar-refractivity contribution in [1.82, 2.24) is 0 Å². The van der Waals surface area contributed by atoms with Crippen molar-refractivity contribution >= 4 is 43.5 Å². The lowest BCUT2D eigenvalue weighted by Gasteiger charge is -2.14. The van der Waals surface area contributed by atoms with Gasteiger partial charge in [0.2, 0.25) is 0 Å². The van der Waals surface area contributed by atoms with Crippen molar-refractivity contribution in [2.75, 3.05) is 7.11 Å². The molecule has 0 aliphatic rings. The van der Waals surface area contributed by atoms with Crippen LogP contribution in [0.4, 0.5) is 0 Å². The van der Waals surface area contributed by atoms with E-state index < -0.39 is 0 Å². The maximum Gasteiger partial charge on any atom is 0.143 e. The zero-order chi connectivity index (χ0) is 14.7. The summed E-state index contributed by atoms with van der Waals surface area (Å²) in [5.74, 6) is 2.00. The number of nitrogens with two attached hydrogens (primary N) is 1. The van der Waals surface area contributed by atoms with Gasteiger partial charge in [-0.05, 0) is 56.1 Å². The molecule has 0 radical (unpaired) electrons. The Labute approximate surface area is 139 Å². The van der Waals surface area contributed by atoms with E-state index >= 15 is 0 Å². The molecule has 0 unspecified atom stereocenters. The van der Waals surface area contributed by atoms with Gasteiger partial charge in [0, 0.05) is 17.1 Å². The summed E-state index contributed by atoms with van der Waals surface area (Å²) >= 11 is 13.0. The lowest BCUT2D eigenvalue weighted by molar-refractivity contribution is 0.409. The van der Waals surface area contributed by atoms with Gasteiger partial charge in [0.15, 0.2) is 0 Å². The molecular weight excluding hydrogens is 409 g/mol. The minimum absolute atomic E-state index is 0.309. The maximum absolute atomic E-state index is 6.11. The van der Waals surface area contributed by atoms with Crippen LogP contribution >= 0.6 is 43.5 Å². The van der Waals surface area contributed by atoms with Gasteiger partial charge in [-0.25, -0.2) is 0 Å². The fourth-order valence-electron chi connectivity index (χ4n) is 1.70. The molecule has 6 heteroatoms. The number of hydrogen-bond donors (Lipinski definition) is 1. The first-order valence-electron chi connectivity index (χ1n) is 5.75. The van der Waals surface area contributed by atoms with Gasteiger partial charge in [0.25, 0.3) is 0 Å². The number of ether oxygens (including phenoxy) is 2. The Morgan fingerprint density at radius 3 is 2.40 bits per heavy atom. The molecule has 2 aromatic rings. The molecule has 2 rings (SSSR count). The maximum atomic E-state index is 6.11. The molecule has 0 amide bonds. The van der Waals surface area contributed by atoms with Crippen LogP contribution in [0.1, 0.15) is 5.56 Å². The second kappa shape index (κ2) is 6.80. The summed E-state index contributed by atoms with van der Waals surface area (Å²) in [7, 11) is 1.61. The van der Waals surface area contributed by atoms with Crippen molar-refractivity contribution < 1.29 is 9.47 Å². The zero-order valence-corrected chi connectivity index (χ0v) is 14.5. The van der Waals surface area contributed by atoms with Gasteiger partial charge < -0.3 is 15.2 Å². The van der Waals surface area contributed by atoms with Gasteiger partial charge in [-0.1, -0.05) is 17.7 Å². The van der Waals surface area contributed by atoms with E-state index in [-0.39, 0.29) is 0 Å². The fraction of sp³-hybridized carbons (Fsp3) is 0.143. The van der Waals surface area contributed by atoms with Gasteiger partial charge in [-0.15, -0.1) is 0 Å². The summed E-state index contributed by atoms with van der Waals surface area (Å²) in [5.41, 5.74) is 6.48. The van der Waals surface area contributed by atoms with Crippen molar-refractivity contribution in [2.24, 2.45) is 5.73 Å². The second-order valence-corrected chi connectivity index (χ2v) is 6.06. The smallest absolute Gasteiger partial charge is 0.143 e. The van der Waals surface area contributed by atoms with Crippen molar-refractivity contribution in [2.45, 2.75) is 6.54 Å². The van der Waals surface area contributed by atoms with Crippen LogP contribution in [-0.2, 0) is 6.54 Å². The highest BCUT2D eigenvalue weighted by Gasteiger charge is 2.12. The second-order valence-electron chi connectivity index (χ2n) is 3.94. The minimum Gasteiger partial charge on any atom is -0.496 e. The van der Waals surface area contributed by atoms with Gasteiger partial charge in [0.05, 0.1) is 16.1 Å². The molecule has 2 N–H and O–H groups in total. The van der Waals surface area contributed by atoms with Crippen LogP contribution in [-0.4, -0.2) is 7.11 Å². The Morgan fingerprint density at radius 2 is 1.75 bits per heavy atom. The molecule has 0 bridgehead atoms. The average Bonchev–Trinajstić information content (AvgIpc) is 2.42. The molecule has 0 aromatic heterocycles. The van der Waals surface area contributed by atoms with Crippen LogP contribution in [0, 0.1) is 0 Å². The van der Waals surface area contributed by atoms with Crippen LogP contribution in [0.3, 0.4) is 0 Å². The van der Waals surface area contributed by atoms with E-state index in [9.17, 15) is 0 Å². The monoisotopic (exact) mass is 419 g/mol. The molecule has 0 saturated heterocycles. The van der Waals surface area contributed by atoms with E-state index in [4.69, 9.17) is 26.8 Å². The standard InChI is InChI=1S/C14H12Br2ClNO2/c1-19-13-5-10(16)14(6-9(13)15)20-12-4-2-3-11(17)8(12)7-18/h2-6H,7,18H2,1H3. The van der Waals surface area contributed by atoms with Crippen molar-refractivity contribution in [3.8, 4) is 17.2 Å². The third-order valence-electron chi connectivity index (χ3n) is 2.71. The fourth-order valence-corrected chi connectivity index (χ4v) is 2.83. The summed E-state index contributed by atoms with van der Waals surface area (Å²) in [6.07, 6.45) is 0. The highest BCUT2D eigenvalue weighted by molar-refractivity contribution is 9.11. The van der Waals surface area contributed by atoms with Crippen LogP contribution in [0.25, 0.3) is 0 Å². The van der Waals surface area contributed by atoms with E-state index in [0.717, 1.165) is 20.3 Å². The Bertz CT molecular complexity index is 635. The molecule has 0 heterocycles. The first-order valence-corrected chi connectivity index (χ1v) is 7.71. The van der Waals surface area contributed by atoms with Gasteiger partial charge in [-0.2, -0.15) is 0 Å². The normalized spacial score (nSPS) is 10.4. The van der Waals surface area contributed by atoms with E-state index in [1.54, 1.807) is 13.2 Å². The van der Waals surface area contributed by atoms with E-state index in [2.05, 4.69) is 31.9 Å². The minimum atomic E-state index is 0.309. The number of methoxy groups -OCH3 is 1. The van der Waals surface area contributed by atoms with Crippen molar-refractivity contribution in [3.05, 3.63) is 49.9 Å². The predicted molar refractivity (Wildman–Crippen MR) is 87.8 cm³/mol. The number of rotatable bonds is 4. The first kappa shape index (κ1) is 15.6. The third kappa shape index (κ3) is 3.28. The molecule has 2 aromatic carbocycles. The highest BCUT2D eigenvalue weighted by atomic mass is 79.9. The highest BCUT2D eigenvalue weighted by Crippen LogP contribution is 2.39. The van der Waals surface area contributed by atoms with Crippen LogP contribution in [0.15, 0.2) is 39.3 Å². The van der Waals surface area contributed by atoms with E-state index in [0.29, 0.717) is 23.1 Å². The third-order valence-corrected chi connectivity index (χ3v) is 4.30. The topological polar surface area (TPSA) is 44.5 Å². The SMILES string of the molecule is COc1cc(Br)c(Oc2cccc(Cl)c2CN)cc1Br. The van der Waals surface area contributed by atoms with Gasteiger partial charge in [0.1, 0.15) is 17.2 Å². The molecule has 20 heavy (non-hydrogen) atoms. The van der Waals surface area contributed by atoms with E-state index in [1.165, 1.54) is 0 Å². The number of benzene rings is 2. The van der Waals surface area contributed by atoms with Gasteiger partial charge >= 0.3 is 0 Å². The summed E-state index contributed by atoms with van der Waals surface area (Å²) in [6.45, 7) is 0.309. The quantitative estimate of drug-likeness (QED) is 0.745. The molecule has 0 spiro atoms. The molecule has 106 valence electrons. The average molecular weight is 422 g/mol. The summed E-state index contributed by atoms with van der Waals surface area (Å²) in [4.78, 5) is 0. The van der Waals surface area contributed by atoms with Gasteiger partial charge in [-0.3, -0.25) is 0 Å². The van der Waals surface area contributed by atoms with E-state index in [1.807, 2.05) is 24.3 Å². The lowest BCUT2D eigenvalue weighted by atomic mass is 10.2. The molecule has 0 fully saturated rings. The predicted octanol–water partition coefficient (Wildman–Crippen LogP) is 5.12. The van der Waals surface area contributed by atoms with Crippen LogP contribution in [0.5, 0.6) is 17.2 Å². The summed E-state index contributed by atoms with van der Waals surface area (Å²) in [6, 6.07) is 9.09. The molecular formula is C14H12Br2ClNO2. The lowest BCUT2D eigenvalue weighted by Crippen LogP contribution is -2.00.